The van der Waals surface area contributed by atoms with E-state index in [1.54, 1.807) is 0 Å². The molecular formula is C20H31N5. The Hall–Kier alpha value is -1.72. The Morgan fingerprint density at radius 2 is 2.08 bits per heavy atom. The first-order valence-corrected chi connectivity index (χ1v) is 9.65. The van der Waals surface area contributed by atoms with Gasteiger partial charge in [-0.15, -0.1) is 0 Å². The van der Waals surface area contributed by atoms with Gasteiger partial charge in [-0.05, 0) is 62.7 Å². The smallest absolute Gasteiger partial charge is 0.123 e. The number of nitrogens with one attached hydrogen (secondary N) is 3. The molecule has 0 bridgehead atoms. The first-order chi connectivity index (χ1) is 12.3. The fraction of sp³-hybridized carbons (Fsp3) is 0.600. The van der Waals surface area contributed by atoms with Crippen molar-refractivity contribution in [3.8, 4) is 0 Å². The summed E-state index contributed by atoms with van der Waals surface area (Å²) in [6.07, 6.45) is 11.6. The van der Waals surface area contributed by atoms with Crippen molar-refractivity contribution in [1.29, 1.82) is 0 Å². The standard InChI is InChI=1S/C20H31N5/c1-15(2)18(20-24-13-14-25-20)22-11-4-3-10-21-17-9-5-7-16-8-6-12-23-19(16)17/h6,8,12-15,17-18,21-22H,3-5,7,9-11H2,1-2H3,(H,24,25). The van der Waals surface area contributed by atoms with Gasteiger partial charge in [0.2, 0.25) is 0 Å². The average molecular weight is 342 g/mol. The van der Waals surface area contributed by atoms with Crippen molar-refractivity contribution in [2.24, 2.45) is 5.92 Å². The topological polar surface area (TPSA) is 65.6 Å². The summed E-state index contributed by atoms with van der Waals surface area (Å²) < 4.78 is 0. The normalized spacial score (nSPS) is 18.3. The lowest BCUT2D eigenvalue weighted by atomic mass is 9.92. The van der Waals surface area contributed by atoms with E-state index in [-0.39, 0.29) is 0 Å². The second kappa shape index (κ2) is 9.11. The first-order valence-electron chi connectivity index (χ1n) is 9.65. The van der Waals surface area contributed by atoms with Crippen LogP contribution in [0.2, 0.25) is 0 Å². The van der Waals surface area contributed by atoms with Crippen LogP contribution in [-0.4, -0.2) is 28.0 Å². The lowest BCUT2D eigenvalue weighted by molar-refractivity contribution is 0.386. The SMILES string of the molecule is CC(C)C(NCCCCNC1CCCc2cccnc21)c1ncc[nH]1. The van der Waals surface area contributed by atoms with Gasteiger partial charge in [0.25, 0.3) is 0 Å². The Labute approximate surface area is 151 Å². The fourth-order valence-electron chi connectivity index (χ4n) is 3.69. The van der Waals surface area contributed by atoms with Gasteiger partial charge in [-0.3, -0.25) is 4.98 Å². The quantitative estimate of drug-likeness (QED) is 0.610. The molecule has 0 aliphatic heterocycles. The van der Waals surface area contributed by atoms with Crippen LogP contribution in [-0.2, 0) is 6.42 Å². The van der Waals surface area contributed by atoms with Gasteiger partial charge >= 0.3 is 0 Å². The molecule has 3 N–H and O–H groups in total. The number of aromatic amines is 1. The van der Waals surface area contributed by atoms with E-state index in [4.69, 9.17) is 0 Å². The zero-order valence-corrected chi connectivity index (χ0v) is 15.5. The highest BCUT2D eigenvalue weighted by molar-refractivity contribution is 5.25. The van der Waals surface area contributed by atoms with Gasteiger partial charge in [0.1, 0.15) is 5.82 Å². The summed E-state index contributed by atoms with van der Waals surface area (Å²) >= 11 is 0. The second-order valence-corrected chi connectivity index (χ2v) is 7.30. The number of H-pyrrole nitrogens is 1. The van der Waals surface area contributed by atoms with Gasteiger partial charge in [-0.25, -0.2) is 4.98 Å². The summed E-state index contributed by atoms with van der Waals surface area (Å²) in [6, 6.07) is 5.01. The zero-order valence-electron chi connectivity index (χ0n) is 15.5. The first kappa shape index (κ1) is 18.1. The molecule has 3 rings (SSSR count). The molecule has 5 nitrogen and oxygen atoms in total. The zero-order chi connectivity index (χ0) is 17.5. The number of aryl methyl sites for hydroxylation is 1. The van der Waals surface area contributed by atoms with Crippen LogP contribution in [0.5, 0.6) is 0 Å². The Bertz CT molecular complexity index is 623. The summed E-state index contributed by atoms with van der Waals surface area (Å²) in [5, 5.41) is 7.35. The number of aromatic nitrogens is 3. The molecule has 1 aliphatic carbocycles. The van der Waals surface area contributed by atoms with E-state index >= 15 is 0 Å². The molecule has 5 heteroatoms. The molecule has 1 aliphatic rings. The maximum atomic E-state index is 4.60. The van der Waals surface area contributed by atoms with Crippen LogP contribution in [0.1, 0.15) is 68.7 Å². The molecule has 2 aromatic heterocycles. The Balaban J connectivity index is 1.37. The lowest BCUT2D eigenvalue weighted by Crippen LogP contribution is -2.29. The van der Waals surface area contributed by atoms with Gasteiger partial charge in [0.15, 0.2) is 0 Å². The molecule has 0 amide bonds. The van der Waals surface area contributed by atoms with Crippen LogP contribution in [0, 0.1) is 5.92 Å². The van der Waals surface area contributed by atoms with Gasteiger partial charge in [-0.2, -0.15) is 0 Å². The molecule has 2 atom stereocenters. The number of hydrogen-bond acceptors (Lipinski definition) is 4. The molecule has 2 heterocycles. The van der Waals surface area contributed by atoms with Crippen molar-refractivity contribution >= 4 is 0 Å². The average Bonchev–Trinajstić information content (AvgIpc) is 3.15. The highest BCUT2D eigenvalue weighted by Crippen LogP contribution is 2.27. The van der Waals surface area contributed by atoms with Crippen molar-refractivity contribution in [3.05, 3.63) is 47.8 Å². The largest absolute Gasteiger partial charge is 0.347 e. The van der Waals surface area contributed by atoms with Crippen LogP contribution in [0.15, 0.2) is 30.7 Å². The number of unbranched alkanes of at least 4 members (excludes halogenated alkanes) is 1. The minimum Gasteiger partial charge on any atom is -0.347 e. The van der Waals surface area contributed by atoms with Gasteiger partial charge in [0, 0.05) is 24.6 Å². The summed E-state index contributed by atoms with van der Waals surface area (Å²) in [4.78, 5) is 12.2. The predicted molar refractivity (Wildman–Crippen MR) is 101 cm³/mol. The Morgan fingerprint density at radius 1 is 1.20 bits per heavy atom. The number of hydrogen-bond donors (Lipinski definition) is 3. The number of fused-ring (bicyclic) bond motifs is 1. The van der Waals surface area contributed by atoms with Gasteiger partial charge in [-0.1, -0.05) is 19.9 Å². The van der Waals surface area contributed by atoms with E-state index in [0.717, 1.165) is 18.9 Å². The highest BCUT2D eigenvalue weighted by atomic mass is 15.0. The van der Waals surface area contributed by atoms with Crippen LogP contribution in [0.25, 0.3) is 0 Å². The van der Waals surface area contributed by atoms with Crippen LogP contribution in [0.3, 0.4) is 0 Å². The van der Waals surface area contributed by atoms with Crippen LogP contribution < -0.4 is 10.6 Å². The number of rotatable bonds is 9. The van der Waals surface area contributed by atoms with E-state index in [1.165, 1.54) is 43.4 Å². The third-order valence-corrected chi connectivity index (χ3v) is 5.03. The maximum Gasteiger partial charge on any atom is 0.123 e. The number of imidazole rings is 1. The fourth-order valence-corrected chi connectivity index (χ4v) is 3.69. The minimum absolute atomic E-state index is 0.303. The van der Waals surface area contributed by atoms with E-state index in [1.807, 2.05) is 18.6 Å². The van der Waals surface area contributed by atoms with Crippen molar-refractivity contribution in [2.45, 2.75) is 58.0 Å². The molecule has 0 aromatic carbocycles. The van der Waals surface area contributed by atoms with Gasteiger partial charge in [0.05, 0.1) is 11.7 Å². The summed E-state index contributed by atoms with van der Waals surface area (Å²) in [5.41, 5.74) is 2.69. The molecule has 0 spiro atoms. The predicted octanol–water partition coefficient (Wildman–Crippen LogP) is 3.54. The van der Waals surface area contributed by atoms with Crippen molar-refractivity contribution in [1.82, 2.24) is 25.6 Å². The summed E-state index contributed by atoms with van der Waals surface area (Å²) in [5.74, 6) is 1.56. The summed E-state index contributed by atoms with van der Waals surface area (Å²) in [6.45, 7) is 6.53. The number of pyridine rings is 1. The second-order valence-electron chi connectivity index (χ2n) is 7.30. The van der Waals surface area contributed by atoms with E-state index in [0.29, 0.717) is 18.0 Å². The number of nitrogens with zero attached hydrogens (tertiary/aromatic N) is 2. The molecule has 0 fully saturated rings. The van der Waals surface area contributed by atoms with E-state index in [2.05, 4.69) is 51.6 Å². The van der Waals surface area contributed by atoms with Crippen molar-refractivity contribution in [3.63, 3.8) is 0 Å². The summed E-state index contributed by atoms with van der Waals surface area (Å²) in [7, 11) is 0. The third kappa shape index (κ3) is 4.89. The monoisotopic (exact) mass is 341 g/mol. The molecule has 0 saturated heterocycles. The molecule has 0 saturated carbocycles. The Morgan fingerprint density at radius 3 is 2.88 bits per heavy atom. The Kier molecular flexibility index (Phi) is 6.59. The highest BCUT2D eigenvalue weighted by Gasteiger charge is 2.20. The van der Waals surface area contributed by atoms with E-state index < -0.39 is 0 Å². The molecule has 136 valence electrons. The van der Waals surface area contributed by atoms with Crippen LogP contribution >= 0.6 is 0 Å². The van der Waals surface area contributed by atoms with E-state index in [9.17, 15) is 0 Å². The molecule has 0 radical (unpaired) electrons. The maximum absolute atomic E-state index is 4.60. The minimum atomic E-state index is 0.303. The third-order valence-electron chi connectivity index (χ3n) is 5.03. The van der Waals surface area contributed by atoms with Crippen molar-refractivity contribution < 1.29 is 0 Å². The lowest BCUT2D eigenvalue weighted by Gasteiger charge is -2.25. The van der Waals surface area contributed by atoms with Crippen molar-refractivity contribution in [2.75, 3.05) is 13.1 Å². The molecule has 25 heavy (non-hydrogen) atoms. The van der Waals surface area contributed by atoms with Gasteiger partial charge < -0.3 is 15.6 Å². The molecule has 2 unspecified atom stereocenters. The molecular weight excluding hydrogens is 310 g/mol. The molecule has 2 aromatic rings. The van der Waals surface area contributed by atoms with Crippen LogP contribution in [0.4, 0.5) is 0 Å².